The predicted octanol–water partition coefficient (Wildman–Crippen LogP) is 4.62. The maximum Gasteiger partial charge on any atom is 0.512 e. The number of carbonyl (C=O) groups excluding carboxylic acids is 2. The molecule has 3 amide bonds. The lowest BCUT2D eigenvalue weighted by Gasteiger charge is -2.09. The minimum Gasteiger partial charge on any atom is -0.449 e. The summed E-state index contributed by atoms with van der Waals surface area (Å²) in [5.41, 5.74) is 1.14. The average molecular weight is 543 g/mol. The van der Waals surface area contributed by atoms with Crippen molar-refractivity contribution < 1.29 is 37.4 Å². The fourth-order valence-corrected chi connectivity index (χ4v) is 3.41. The van der Waals surface area contributed by atoms with Crippen LogP contribution in [0.2, 0.25) is 0 Å². The Hall–Kier alpha value is -5.34. The SMILES string of the molecule is O=C(Cc1cnc[nH]1)Nc1ccc(Cc2nc(OC(=O)O)c(NC(=O)Nc3ccc(C(F)(F)F)cc3)[nH]2)cc1. The van der Waals surface area contributed by atoms with E-state index in [1.165, 1.54) is 6.33 Å². The molecule has 0 radical (unpaired) electrons. The van der Waals surface area contributed by atoms with Gasteiger partial charge in [-0.05, 0) is 42.0 Å². The third-order valence-corrected chi connectivity index (χ3v) is 5.13. The number of hydrogen-bond acceptors (Lipinski definition) is 6. The van der Waals surface area contributed by atoms with Crippen molar-refractivity contribution in [2.24, 2.45) is 0 Å². The van der Waals surface area contributed by atoms with Gasteiger partial charge in [-0.3, -0.25) is 10.1 Å². The summed E-state index contributed by atoms with van der Waals surface area (Å²) in [6, 6.07) is 9.65. The first-order chi connectivity index (χ1) is 18.5. The Balaban J connectivity index is 1.39. The summed E-state index contributed by atoms with van der Waals surface area (Å²) >= 11 is 0. The third kappa shape index (κ3) is 7.58. The molecule has 0 saturated heterocycles. The van der Waals surface area contributed by atoms with Crippen molar-refractivity contribution in [2.45, 2.75) is 19.0 Å². The molecule has 202 valence electrons. The summed E-state index contributed by atoms with van der Waals surface area (Å²) < 4.78 is 42.8. The summed E-state index contributed by atoms with van der Waals surface area (Å²) in [7, 11) is 0. The standard InChI is InChI=1S/C24H20F3N7O5/c25-24(26,27)14-3-7-16(8-4-14)31-22(36)34-20-21(39-23(37)38)33-18(32-20)9-13-1-5-15(6-2-13)30-19(35)10-17-11-28-12-29-17/h1-8,11-12H,9-10H2,(H,28,29)(H,30,35)(H,32,33)(H,37,38)(H2,31,34,36). The van der Waals surface area contributed by atoms with E-state index in [9.17, 15) is 27.6 Å². The normalized spacial score (nSPS) is 11.1. The highest BCUT2D eigenvalue weighted by Crippen LogP contribution is 2.30. The van der Waals surface area contributed by atoms with Crippen molar-refractivity contribution in [1.82, 2.24) is 19.9 Å². The highest BCUT2D eigenvalue weighted by atomic mass is 19.4. The van der Waals surface area contributed by atoms with E-state index in [1.54, 1.807) is 30.5 Å². The van der Waals surface area contributed by atoms with Crippen LogP contribution in [-0.2, 0) is 23.8 Å². The second-order valence-electron chi connectivity index (χ2n) is 8.06. The maximum absolute atomic E-state index is 12.7. The first kappa shape index (κ1) is 26.7. The molecule has 15 heteroatoms. The Bertz CT molecular complexity index is 1450. The molecule has 4 rings (SSSR count). The summed E-state index contributed by atoms with van der Waals surface area (Å²) in [5, 5.41) is 16.4. The molecule has 0 atom stereocenters. The van der Waals surface area contributed by atoms with Crippen LogP contribution in [-0.4, -0.2) is 43.1 Å². The van der Waals surface area contributed by atoms with Crippen molar-refractivity contribution in [1.29, 1.82) is 0 Å². The molecule has 0 aliphatic heterocycles. The quantitative estimate of drug-likeness (QED) is 0.176. The number of aromatic amines is 2. The van der Waals surface area contributed by atoms with Gasteiger partial charge in [0.25, 0.3) is 5.88 Å². The number of carboxylic acid groups (broad SMARTS) is 1. The molecule has 39 heavy (non-hydrogen) atoms. The van der Waals surface area contributed by atoms with Crippen molar-refractivity contribution >= 4 is 35.3 Å². The lowest BCUT2D eigenvalue weighted by atomic mass is 10.1. The average Bonchev–Trinajstić information content (AvgIpc) is 3.49. The largest absolute Gasteiger partial charge is 0.512 e. The number of rotatable bonds is 8. The number of amides is 3. The van der Waals surface area contributed by atoms with Gasteiger partial charge >= 0.3 is 18.4 Å². The topological polar surface area (TPSA) is 174 Å². The van der Waals surface area contributed by atoms with Crippen LogP contribution in [0, 0.1) is 0 Å². The van der Waals surface area contributed by atoms with Gasteiger partial charge in [0.15, 0.2) is 5.82 Å². The summed E-state index contributed by atoms with van der Waals surface area (Å²) in [4.78, 5) is 49.1. The van der Waals surface area contributed by atoms with Gasteiger partial charge in [0.2, 0.25) is 5.91 Å². The van der Waals surface area contributed by atoms with E-state index in [2.05, 4.69) is 40.6 Å². The summed E-state index contributed by atoms with van der Waals surface area (Å²) in [6.07, 6.45) is -2.86. The van der Waals surface area contributed by atoms with Gasteiger partial charge in [-0.15, -0.1) is 0 Å². The van der Waals surface area contributed by atoms with Crippen LogP contribution in [0.25, 0.3) is 0 Å². The van der Waals surface area contributed by atoms with Crippen LogP contribution in [0.5, 0.6) is 5.88 Å². The molecule has 0 aliphatic carbocycles. The molecule has 0 bridgehead atoms. The third-order valence-electron chi connectivity index (χ3n) is 5.13. The second kappa shape index (κ2) is 11.4. The zero-order chi connectivity index (χ0) is 28.0. The number of halogens is 3. The number of anilines is 3. The van der Waals surface area contributed by atoms with Crippen molar-refractivity contribution in [3.63, 3.8) is 0 Å². The zero-order valence-electron chi connectivity index (χ0n) is 19.8. The van der Waals surface area contributed by atoms with Gasteiger partial charge in [-0.2, -0.15) is 18.2 Å². The molecular weight excluding hydrogens is 523 g/mol. The van der Waals surface area contributed by atoms with Crippen molar-refractivity contribution in [2.75, 3.05) is 16.0 Å². The van der Waals surface area contributed by atoms with E-state index in [0.717, 1.165) is 29.8 Å². The number of hydrogen-bond donors (Lipinski definition) is 6. The van der Waals surface area contributed by atoms with Crippen LogP contribution in [0.1, 0.15) is 22.6 Å². The van der Waals surface area contributed by atoms with Gasteiger partial charge in [0.1, 0.15) is 5.82 Å². The van der Waals surface area contributed by atoms with Gasteiger partial charge < -0.3 is 30.4 Å². The van der Waals surface area contributed by atoms with Crippen molar-refractivity contribution in [3.05, 3.63) is 83.7 Å². The van der Waals surface area contributed by atoms with E-state index in [1.807, 2.05) is 0 Å². The molecule has 0 spiro atoms. The molecule has 4 aromatic rings. The van der Waals surface area contributed by atoms with Crippen LogP contribution in [0.4, 0.5) is 40.0 Å². The van der Waals surface area contributed by atoms with Crippen molar-refractivity contribution in [3.8, 4) is 5.88 Å². The maximum atomic E-state index is 12.7. The zero-order valence-corrected chi connectivity index (χ0v) is 19.8. The van der Waals surface area contributed by atoms with Crippen LogP contribution in [0.15, 0.2) is 61.1 Å². The molecule has 2 aromatic heterocycles. The molecule has 2 aromatic carbocycles. The van der Waals surface area contributed by atoms with Crippen LogP contribution >= 0.6 is 0 Å². The summed E-state index contributed by atoms with van der Waals surface area (Å²) in [5.74, 6) is -0.604. The van der Waals surface area contributed by atoms with Gasteiger partial charge in [-0.25, -0.2) is 14.6 Å². The van der Waals surface area contributed by atoms with E-state index in [-0.39, 0.29) is 36.1 Å². The monoisotopic (exact) mass is 543 g/mol. The van der Waals surface area contributed by atoms with E-state index in [4.69, 9.17) is 5.11 Å². The number of urea groups is 1. The van der Waals surface area contributed by atoms with Gasteiger partial charge in [0.05, 0.1) is 18.3 Å². The molecule has 2 heterocycles. The van der Waals surface area contributed by atoms with Gasteiger partial charge in [0, 0.05) is 29.7 Å². The number of benzene rings is 2. The first-order valence-electron chi connectivity index (χ1n) is 11.2. The fraction of sp³-hybridized carbons (Fsp3) is 0.125. The van der Waals surface area contributed by atoms with E-state index >= 15 is 0 Å². The van der Waals surface area contributed by atoms with Crippen LogP contribution < -0.4 is 20.7 Å². The molecule has 0 unspecified atom stereocenters. The Morgan fingerprint density at radius 2 is 1.62 bits per heavy atom. The second-order valence-corrected chi connectivity index (χ2v) is 8.06. The number of imidazole rings is 2. The Labute approximate surface area is 217 Å². The fourth-order valence-electron chi connectivity index (χ4n) is 3.41. The molecule has 0 aliphatic rings. The number of nitrogens with zero attached hydrogens (tertiary/aromatic N) is 2. The summed E-state index contributed by atoms with van der Waals surface area (Å²) in [6.45, 7) is 0. The number of carbonyl (C=O) groups is 3. The number of aromatic nitrogens is 4. The molecular formula is C24H20F3N7O5. The number of H-pyrrole nitrogens is 2. The van der Waals surface area contributed by atoms with E-state index in [0.29, 0.717) is 11.4 Å². The number of alkyl halides is 3. The highest BCUT2D eigenvalue weighted by Gasteiger charge is 2.30. The van der Waals surface area contributed by atoms with Crippen LogP contribution in [0.3, 0.4) is 0 Å². The number of nitrogens with one attached hydrogen (secondary N) is 5. The lowest BCUT2D eigenvalue weighted by Crippen LogP contribution is -2.20. The molecule has 0 fully saturated rings. The predicted molar refractivity (Wildman–Crippen MR) is 131 cm³/mol. The van der Waals surface area contributed by atoms with Gasteiger partial charge in [-0.1, -0.05) is 12.1 Å². The smallest absolute Gasteiger partial charge is 0.449 e. The Morgan fingerprint density at radius 1 is 0.949 bits per heavy atom. The minimum atomic E-state index is -4.52. The molecule has 6 N–H and O–H groups in total. The minimum absolute atomic E-state index is 0.0673. The Kier molecular flexibility index (Phi) is 7.79. The Morgan fingerprint density at radius 3 is 2.23 bits per heavy atom. The number of ether oxygens (including phenoxy) is 1. The highest BCUT2D eigenvalue weighted by molar-refractivity contribution is 6.00. The first-order valence-corrected chi connectivity index (χ1v) is 11.2. The molecule has 0 saturated carbocycles. The molecule has 12 nitrogen and oxygen atoms in total. The lowest BCUT2D eigenvalue weighted by molar-refractivity contribution is -0.137. The van der Waals surface area contributed by atoms with E-state index < -0.39 is 29.8 Å².